The zero-order chi connectivity index (χ0) is 25.3. The summed E-state index contributed by atoms with van der Waals surface area (Å²) >= 11 is 1.53. The molecule has 4 aromatic rings. The van der Waals surface area contributed by atoms with Gasteiger partial charge in [0.2, 0.25) is 0 Å². The van der Waals surface area contributed by atoms with E-state index in [4.69, 9.17) is 4.98 Å². The Morgan fingerprint density at radius 1 is 1.22 bits per heavy atom. The minimum absolute atomic E-state index is 0.00833. The highest BCUT2D eigenvalue weighted by Crippen LogP contribution is 2.60. The van der Waals surface area contributed by atoms with E-state index in [0.29, 0.717) is 28.2 Å². The Labute approximate surface area is 220 Å². The molecule has 5 atom stereocenters. The van der Waals surface area contributed by atoms with Gasteiger partial charge in [-0.3, -0.25) is 9.20 Å². The van der Waals surface area contributed by atoms with Crippen molar-refractivity contribution in [1.29, 1.82) is 0 Å². The van der Waals surface area contributed by atoms with Crippen molar-refractivity contribution in [2.24, 2.45) is 17.3 Å². The zero-order valence-corrected chi connectivity index (χ0v) is 22.2. The Bertz CT molecular complexity index is 1520. The van der Waals surface area contributed by atoms with Crippen LogP contribution in [0.15, 0.2) is 42.6 Å². The van der Waals surface area contributed by atoms with E-state index in [1.54, 1.807) is 6.07 Å². The van der Waals surface area contributed by atoms with Gasteiger partial charge in [0.05, 0.1) is 15.9 Å². The average molecular weight is 517 g/mol. The molecule has 1 aliphatic heterocycles. The Morgan fingerprint density at radius 2 is 2.11 bits per heavy atom. The number of benzene rings is 2. The van der Waals surface area contributed by atoms with Crippen LogP contribution in [-0.2, 0) is 0 Å². The van der Waals surface area contributed by atoms with E-state index < -0.39 is 0 Å². The van der Waals surface area contributed by atoms with Gasteiger partial charge in [-0.15, -0.1) is 0 Å². The number of fused-ring (bicyclic) bond motifs is 4. The minimum atomic E-state index is -0.237. The number of hydrogen-bond acceptors (Lipinski definition) is 4. The lowest BCUT2D eigenvalue weighted by Gasteiger charge is -2.20. The molecule has 192 valence electrons. The van der Waals surface area contributed by atoms with Crippen LogP contribution >= 0.6 is 11.3 Å². The summed E-state index contributed by atoms with van der Waals surface area (Å²) in [6.45, 7) is 5.71. The van der Waals surface area contributed by atoms with Crippen LogP contribution in [-0.4, -0.2) is 27.9 Å². The molecule has 7 heteroatoms. The molecular formula is C30H33FN4OS. The van der Waals surface area contributed by atoms with Crippen LogP contribution in [0.4, 0.5) is 4.39 Å². The molecule has 2 aromatic carbocycles. The van der Waals surface area contributed by atoms with Gasteiger partial charge in [0, 0.05) is 29.4 Å². The normalized spacial score (nSPS) is 29.4. The fourth-order valence-corrected chi connectivity index (χ4v) is 8.06. The van der Waals surface area contributed by atoms with E-state index in [0.717, 1.165) is 58.9 Å². The standard InChI is InChI=1S/C30H33FN4OS/c1-17-10-21(13-20-15-30(20,2)14-17)33-28(36)19-6-8-26-27(12-19)37-29-34-25(16-35(26)29)22-7-5-18(11-23(22)31)24-4-3-9-32-24/h5-8,11-12,16-17,20-21,24,32H,3-4,9-10,13-15H2,1-2H3,(H,33,36). The van der Waals surface area contributed by atoms with Crippen molar-refractivity contribution in [2.75, 3.05) is 6.54 Å². The van der Waals surface area contributed by atoms with Crippen LogP contribution in [0.2, 0.25) is 0 Å². The number of nitrogens with one attached hydrogen (secondary N) is 2. The number of rotatable bonds is 4. The monoisotopic (exact) mass is 516 g/mol. The van der Waals surface area contributed by atoms with Gasteiger partial charge >= 0.3 is 0 Å². The van der Waals surface area contributed by atoms with E-state index in [1.165, 1.54) is 24.2 Å². The number of imidazole rings is 1. The molecule has 0 bridgehead atoms. The maximum atomic E-state index is 15.1. The van der Waals surface area contributed by atoms with E-state index in [-0.39, 0.29) is 23.8 Å². The fourth-order valence-electron chi connectivity index (χ4n) is 7.01. The summed E-state index contributed by atoms with van der Waals surface area (Å²) in [5.41, 5.74) is 4.33. The van der Waals surface area contributed by atoms with E-state index in [2.05, 4.69) is 24.5 Å². The fraction of sp³-hybridized carbons (Fsp3) is 0.467. The molecule has 2 saturated carbocycles. The van der Waals surface area contributed by atoms with Gasteiger partial charge in [-0.1, -0.05) is 31.3 Å². The number of aromatic nitrogens is 2. The number of thiazole rings is 1. The molecule has 1 saturated heterocycles. The van der Waals surface area contributed by atoms with Crippen molar-refractivity contribution in [3.8, 4) is 11.3 Å². The molecule has 2 aliphatic carbocycles. The number of carbonyl (C=O) groups is 1. The lowest BCUT2D eigenvalue weighted by atomic mass is 9.92. The third-order valence-corrected chi connectivity index (χ3v) is 10.0. The number of carbonyl (C=O) groups excluding carboxylic acids is 1. The lowest BCUT2D eigenvalue weighted by molar-refractivity contribution is 0.0929. The maximum absolute atomic E-state index is 15.1. The number of halogens is 1. The van der Waals surface area contributed by atoms with Crippen LogP contribution in [0.3, 0.4) is 0 Å². The highest BCUT2D eigenvalue weighted by atomic mass is 32.1. The first-order valence-corrected chi connectivity index (χ1v) is 14.4. The number of hydrogen-bond donors (Lipinski definition) is 2. The van der Waals surface area contributed by atoms with Gasteiger partial charge < -0.3 is 10.6 Å². The summed E-state index contributed by atoms with van der Waals surface area (Å²) < 4.78 is 18.1. The largest absolute Gasteiger partial charge is 0.349 e. The third-order valence-electron chi connectivity index (χ3n) is 9.03. The third kappa shape index (κ3) is 4.16. The van der Waals surface area contributed by atoms with Gasteiger partial charge in [0.1, 0.15) is 5.82 Å². The summed E-state index contributed by atoms with van der Waals surface area (Å²) in [7, 11) is 0. The zero-order valence-electron chi connectivity index (χ0n) is 21.4. The molecule has 3 aliphatic rings. The molecule has 1 amide bonds. The number of nitrogens with zero attached hydrogens (tertiary/aromatic N) is 2. The quantitative estimate of drug-likeness (QED) is 0.316. The van der Waals surface area contributed by atoms with Crippen molar-refractivity contribution in [1.82, 2.24) is 20.0 Å². The second-order valence-corrected chi connectivity index (χ2v) is 13.0. The van der Waals surface area contributed by atoms with Gasteiger partial charge in [0.15, 0.2) is 4.96 Å². The van der Waals surface area contributed by atoms with Crippen molar-refractivity contribution < 1.29 is 9.18 Å². The molecule has 7 rings (SSSR count). The predicted molar refractivity (Wildman–Crippen MR) is 146 cm³/mol. The van der Waals surface area contributed by atoms with Crippen LogP contribution < -0.4 is 10.6 Å². The molecule has 0 radical (unpaired) electrons. The Morgan fingerprint density at radius 3 is 2.92 bits per heavy atom. The summed E-state index contributed by atoms with van der Waals surface area (Å²) in [5, 5.41) is 6.76. The molecule has 5 unspecified atom stereocenters. The molecular weight excluding hydrogens is 483 g/mol. The van der Waals surface area contributed by atoms with Crippen molar-refractivity contribution in [3.63, 3.8) is 0 Å². The van der Waals surface area contributed by atoms with Gasteiger partial charge in [-0.25, -0.2) is 9.37 Å². The van der Waals surface area contributed by atoms with Gasteiger partial charge in [-0.2, -0.15) is 0 Å². The topological polar surface area (TPSA) is 58.4 Å². The van der Waals surface area contributed by atoms with Crippen LogP contribution in [0.5, 0.6) is 0 Å². The Hall–Kier alpha value is -2.77. The van der Waals surface area contributed by atoms with Crippen molar-refractivity contribution in [3.05, 3.63) is 59.5 Å². The van der Waals surface area contributed by atoms with E-state index in [1.807, 2.05) is 40.9 Å². The first-order chi connectivity index (χ1) is 17.9. The molecule has 37 heavy (non-hydrogen) atoms. The average Bonchev–Trinajstić information content (AvgIpc) is 3.29. The molecule has 3 heterocycles. The highest BCUT2D eigenvalue weighted by Gasteiger charge is 2.52. The molecule has 2 N–H and O–H groups in total. The highest BCUT2D eigenvalue weighted by molar-refractivity contribution is 7.23. The van der Waals surface area contributed by atoms with Crippen LogP contribution in [0.1, 0.15) is 74.3 Å². The van der Waals surface area contributed by atoms with Gasteiger partial charge in [0.25, 0.3) is 5.91 Å². The van der Waals surface area contributed by atoms with Gasteiger partial charge in [-0.05, 0) is 98.2 Å². The first-order valence-electron chi connectivity index (χ1n) is 13.6. The predicted octanol–water partition coefficient (Wildman–Crippen LogP) is 6.72. The van der Waals surface area contributed by atoms with Crippen molar-refractivity contribution in [2.45, 2.75) is 64.5 Å². The Balaban J connectivity index is 1.12. The Kier molecular flexibility index (Phi) is 5.45. The second kappa shape index (κ2) is 8.63. The number of amides is 1. The SMILES string of the molecule is CC1CC(NC(=O)c2ccc3c(c2)sc2nc(-c4ccc(C5CCCN5)cc4F)cn23)CC2CC2(C)C1. The lowest BCUT2D eigenvalue weighted by Crippen LogP contribution is -2.35. The molecule has 0 spiro atoms. The summed E-state index contributed by atoms with van der Waals surface area (Å²) in [6.07, 6.45) is 8.81. The summed E-state index contributed by atoms with van der Waals surface area (Å²) in [6, 6.07) is 11.8. The summed E-state index contributed by atoms with van der Waals surface area (Å²) in [5.74, 6) is 1.17. The van der Waals surface area contributed by atoms with E-state index >= 15 is 4.39 Å². The molecule has 5 nitrogen and oxygen atoms in total. The van der Waals surface area contributed by atoms with E-state index in [9.17, 15) is 4.79 Å². The molecule has 2 aromatic heterocycles. The van der Waals surface area contributed by atoms with Crippen LogP contribution in [0, 0.1) is 23.1 Å². The second-order valence-electron chi connectivity index (χ2n) is 12.0. The van der Waals surface area contributed by atoms with Crippen molar-refractivity contribution >= 4 is 32.4 Å². The first kappa shape index (κ1) is 23.4. The maximum Gasteiger partial charge on any atom is 0.251 e. The smallest absolute Gasteiger partial charge is 0.251 e. The minimum Gasteiger partial charge on any atom is -0.349 e. The molecule has 3 fully saturated rings. The van der Waals surface area contributed by atoms with Crippen LogP contribution in [0.25, 0.3) is 26.4 Å². The summed E-state index contributed by atoms with van der Waals surface area (Å²) in [4.78, 5) is 18.7.